The minimum absolute atomic E-state index is 0.0385. The van der Waals surface area contributed by atoms with E-state index in [1.54, 1.807) is 6.07 Å². The van der Waals surface area contributed by atoms with Crippen LogP contribution in [0.5, 0.6) is 0 Å². The number of fused-ring (bicyclic) bond motifs is 1. The summed E-state index contributed by atoms with van der Waals surface area (Å²) in [5.74, 6) is 0.619. The van der Waals surface area contributed by atoms with E-state index in [1.165, 1.54) is 0 Å². The van der Waals surface area contributed by atoms with Crippen LogP contribution >= 0.6 is 0 Å². The first-order valence-corrected chi connectivity index (χ1v) is 10.3. The Labute approximate surface area is 169 Å². The van der Waals surface area contributed by atoms with E-state index in [-0.39, 0.29) is 23.4 Å². The van der Waals surface area contributed by atoms with E-state index in [4.69, 9.17) is 5.73 Å². The molecule has 1 aliphatic heterocycles. The predicted octanol–water partition coefficient (Wildman–Crippen LogP) is 1.09. The van der Waals surface area contributed by atoms with Gasteiger partial charge in [-0.1, -0.05) is 12.1 Å². The Hall–Kier alpha value is -2.74. The highest BCUT2D eigenvalue weighted by atomic mass is 16.2. The summed E-state index contributed by atoms with van der Waals surface area (Å²) in [6.45, 7) is 1.52. The van der Waals surface area contributed by atoms with Crippen molar-refractivity contribution in [3.63, 3.8) is 0 Å². The van der Waals surface area contributed by atoms with Crippen molar-refractivity contribution in [1.82, 2.24) is 20.2 Å². The summed E-state index contributed by atoms with van der Waals surface area (Å²) in [6, 6.07) is 7.26. The maximum absolute atomic E-state index is 12.7. The maximum Gasteiger partial charge on any atom is 0.258 e. The summed E-state index contributed by atoms with van der Waals surface area (Å²) in [4.78, 5) is 45.8. The Balaban J connectivity index is 1.53. The molecule has 4 N–H and O–H groups in total. The largest absolute Gasteiger partial charge is 0.354 e. The summed E-state index contributed by atoms with van der Waals surface area (Å²) >= 11 is 0. The average Bonchev–Trinajstić information content (AvgIpc) is 2.73. The number of aromatic nitrogens is 2. The molecule has 1 aromatic heterocycles. The summed E-state index contributed by atoms with van der Waals surface area (Å²) in [7, 11) is 0. The number of likely N-dealkylation sites (tertiary alicyclic amines) is 1. The van der Waals surface area contributed by atoms with E-state index >= 15 is 0 Å². The molecule has 1 fully saturated rings. The smallest absolute Gasteiger partial charge is 0.258 e. The van der Waals surface area contributed by atoms with Crippen molar-refractivity contribution in [2.75, 3.05) is 19.6 Å². The van der Waals surface area contributed by atoms with Crippen molar-refractivity contribution in [2.45, 2.75) is 51.0 Å². The number of amides is 2. The number of piperidine rings is 1. The number of nitrogens with zero attached hydrogens (tertiary/aromatic N) is 2. The van der Waals surface area contributed by atoms with Crippen LogP contribution in [0, 0.1) is 0 Å². The SMILES string of the molecule is NCCC(=O)NCC1CCCCN1C(=O)CCCc1nc2ccccc2c(=O)[nH]1. The monoisotopic (exact) mass is 399 g/mol. The Morgan fingerprint density at radius 3 is 2.90 bits per heavy atom. The predicted molar refractivity (Wildman–Crippen MR) is 111 cm³/mol. The van der Waals surface area contributed by atoms with Gasteiger partial charge in [0, 0.05) is 44.9 Å². The number of nitrogens with two attached hydrogens (primary N) is 1. The molecule has 3 rings (SSSR count). The van der Waals surface area contributed by atoms with Crippen molar-refractivity contribution in [1.29, 1.82) is 0 Å². The van der Waals surface area contributed by atoms with Crippen LogP contribution in [-0.4, -0.2) is 52.4 Å². The first-order chi connectivity index (χ1) is 14.1. The van der Waals surface area contributed by atoms with E-state index in [1.807, 2.05) is 23.1 Å². The molecule has 1 aromatic carbocycles. The second-order valence-corrected chi connectivity index (χ2v) is 7.46. The van der Waals surface area contributed by atoms with Gasteiger partial charge in [-0.15, -0.1) is 0 Å². The molecule has 1 atom stereocenters. The lowest BCUT2D eigenvalue weighted by Gasteiger charge is -2.36. The molecular formula is C21H29N5O3. The zero-order chi connectivity index (χ0) is 20.6. The van der Waals surface area contributed by atoms with Gasteiger partial charge in [0.25, 0.3) is 5.56 Å². The topological polar surface area (TPSA) is 121 Å². The van der Waals surface area contributed by atoms with Crippen molar-refractivity contribution >= 4 is 22.7 Å². The fourth-order valence-electron chi connectivity index (χ4n) is 3.80. The van der Waals surface area contributed by atoms with Gasteiger partial charge >= 0.3 is 0 Å². The number of rotatable bonds is 8. The highest BCUT2D eigenvalue weighted by Gasteiger charge is 2.26. The van der Waals surface area contributed by atoms with Crippen LogP contribution in [0.1, 0.15) is 44.3 Å². The van der Waals surface area contributed by atoms with E-state index in [2.05, 4.69) is 15.3 Å². The van der Waals surface area contributed by atoms with E-state index in [0.717, 1.165) is 25.8 Å². The van der Waals surface area contributed by atoms with Crippen LogP contribution in [0.15, 0.2) is 29.1 Å². The molecule has 0 radical (unpaired) electrons. The van der Waals surface area contributed by atoms with Crippen LogP contribution in [-0.2, 0) is 16.0 Å². The number of benzene rings is 1. The molecule has 0 aliphatic carbocycles. The van der Waals surface area contributed by atoms with Gasteiger partial charge in [-0.25, -0.2) is 4.98 Å². The molecule has 2 aromatic rings. The molecule has 2 amide bonds. The normalized spacial score (nSPS) is 16.7. The molecule has 2 heterocycles. The summed E-state index contributed by atoms with van der Waals surface area (Å²) < 4.78 is 0. The minimum atomic E-state index is -0.152. The van der Waals surface area contributed by atoms with Gasteiger partial charge in [0.05, 0.1) is 10.9 Å². The first kappa shape index (κ1) is 21.0. The number of carbonyl (C=O) groups is 2. The molecule has 156 valence electrons. The van der Waals surface area contributed by atoms with Gasteiger partial charge in [0.2, 0.25) is 11.8 Å². The van der Waals surface area contributed by atoms with Crippen LogP contribution in [0.3, 0.4) is 0 Å². The summed E-state index contributed by atoms with van der Waals surface area (Å²) in [5.41, 5.74) is 5.92. The molecule has 1 aliphatic rings. The number of hydrogen-bond acceptors (Lipinski definition) is 5. The zero-order valence-corrected chi connectivity index (χ0v) is 16.7. The summed E-state index contributed by atoms with van der Waals surface area (Å²) in [5, 5.41) is 3.45. The van der Waals surface area contributed by atoms with Crippen molar-refractivity contribution in [3.8, 4) is 0 Å². The number of aromatic amines is 1. The van der Waals surface area contributed by atoms with Crippen LogP contribution < -0.4 is 16.6 Å². The van der Waals surface area contributed by atoms with Crippen molar-refractivity contribution < 1.29 is 9.59 Å². The molecule has 1 saturated heterocycles. The molecule has 8 nitrogen and oxygen atoms in total. The maximum atomic E-state index is 12.7. The lowest BCUT2D eigenvalue weighted by molar-refractivity contribution is -0.135. The van der Waals surface area contributed by atoms with Crippen LogP contribution in [0.25, 0.3) is 10.9 Å². The van der Waals surface area contributed by atoms with Crippen molar-refractivity contribution in [3.05, 3.63) is 40.4 Å². The van der Waals surface area contributed by atoms with Gasteiger partial charge in [-0.2, -0.15) is 0 Å². The van der Waals surface area contributed by atoms with E-state index < -0.39 is 0 Å². The van der Waals surface area contributed by atoms with E-state index in [0.29, 0.717) is 55.5 Å². The lowest BCUT2D eigenvalue weighted by atomic mass is 10.0. The summed E-state index contributed by atoms with van der Waals surface area (Å²) in [6.07, 6.45) is 4.79. The van der Waals surface area contributed by atoms with Gasteiger partial charge in [-0.05, 0) is 37.8 Å². The third-order valence-corrected chi connectivity index (χ3v) is 5.32. The Kier molecular flexibility index (Phi) is 7.35. The van der Waals surface area contributed by atoms with Gasteiger partial charge in [-0.3, -0.25) is 14.4 Å². The number of hydrogen-bond donors (Lipinski definition) is 3. The Morgan fingerprint density at radius 2 is 2.07 bits per heavy atom. The number of nitrogens with one attached hydrogen (secondary N) is 2. The molecule has 1 unspecified atom stereocenters. The van der Waals surface area contributed by atoms with E-state index in [9.17, 15) is 14.4 Å². The second kappa shape index (κ2) is 10.2. The molecular weight excluding hydrogens is 370 g/mol. The quantitative estimate of drug-likeness (QED) is 0.614. The van der Waals surface area contributed by atoms with Gasteiger partial charge < -0.3 is 20.9 Å². The molecule has 0 spiro atoms. The highest BCUT2D eigenvalue weighted by molar-refractivity contribution is 5.78. The van der Waals surface area contributed by atoms with Crippen molar-refractivity contribution in [2.24, 2.45) is 5.73 Å². The number of para-hydroxylation sites is 1. The third-order valence-electron chi connectivity index (χ3n) is 5.32. The number of H-pyrrole nitrogens is 1. The average molecular weight is 399 g/mol. The minimum Gasteiger partial charge on any atom is -0.354 e. The molecule has 0 bridgehead atoms. The number of aryl methyl sites for hydroxylation is 1. The van der Waals surface area contributed by atoms with Gasteiger partial charge in [0.1, 0.15) is 5.82 Å². The molecule has 8 heteroatoms. The van der Waals surface area contributed by atoms with Gasteiger partial charge in [0.15, 0.2) is 0 Å². The Morgan fingerprint density at radius 1 is 1.24 bits per heavy atom. The lowest BCUT2D eigenvalue weighted by Crippen LogP contribution is -2.49. The first-order valence-electron chi connectivity index (χ1n) is 10.3. The van der Waals surface area contributed by atoms with Crippen LogP contribution in [0.2, 0.25) is 0 Å². The Bertz CT molecular complexity index is 911. The zero-order valence-electron chi connectivity index (χ0n) is 16.7. The fourth-order valence-corrected chi connectivity index (χ4v) is 3.80. The van der Waals surface area contributed by atoms with Crippen LogP contribution in [0.4, 0.5) is 0 Å². The third kappa shape index (κ3) is 5.63. The number of carbonyl (C=O) groups excluding carboxylic acids is 2. The fraction of sp³-hybridized carbons (Fsp3) is 0.524. The standard InChI is InChI=1S/C21H29N5O3/c22-12-11-19(27)23-14-15-6-3-4-13-26(15)20(28)10-5-9-18-24-17-8-2-1-7-16(17)21(29)25-18/h1-2,7-8,15H,3-6,9-14,22H2,(H,23,27)(H,24,25,29). The molecule has 0 saturated carbocycles. The highest BCUT2D eigenvalue weighted by Crippen LogP contribution is 2.18. The second-order valence-electron chi connectivity index (χ2n) is 7.46. The molecule has 29 heavy (non-hydrogen) atoms.